The van der Waals surface area contributed by atoms with Crippen LogP contribution >= 0.6 is 0 Å². The van der Waals surface area contributed by atoms with E-state index in [-0.39, 0.29) is 28.3 Å². The number of anilines is 1. The highest BCUT2D eigenvalue weighted by atomic mass is 32.2. The topological polar surface area (TPSA) is 116 Å². The van der Waals surface area contributed by atoms with Crippen LogP contribution in [0.4, 0.5) is 18.9 Å². The number of ether oxygens (including phenoxy) is 1. The molecule has 0 unspecified atom stereocenters. The molecule has 0 atom stereocenters. The Kier molecular flexibility index (Phi) is 8.89. The molecule has 0 fully saturated rings. The van der Waals surface area contributed by atoms with Gasteiger partial charge in [-0.3, -0.25) is 14.4 Å². The summed E-state index contributed by atoms with van der Waals surface area (Å²) < 4.78 is 72.9. The van der Waals surface area contributed by atoms with E-state index in [0.717, 1.165) is 23.8 Å². The van der Waals surface area contributed by atoms with Crippen LogP contribution in [0.15, 0.2) is 77.7 Å². The van der Waals surface area contributed by atoms with E-state index in [9.17, 15) is 36.0 Å². The third-order valence-electron chi connectivity index (χ3n) is 5.09. The number of hydrogen-bond donors (Lipinski definition) is 1. The summed E-state index contributed by atoms with van der Waals surface area (Å²) >= 11 is 0. The van der Waals surface area contributed by atoms with Gasteiger partial charge in [-0.25, -0.2) is 0 Å². The van der Waals surface area contributed by atoms with Crippen molar-refractivity contribution in [2.24, 2.45) is 0 Å². The summed E-state index contributed by atoms with van der Waals surface area (Å²) in [4.78, 5) is 36.1. The summed E-state index contributed by atoms with van der Waals surface area (Å²) in [5.74, 6) is -2.17. The Labute approximate surface area is 216 Å². The van der Waals surface area contributed by atoms with Gasteiger partial charge < -0.3 is 14.2 Å². The van der Waals surface area contributed by atoms with Crippen molar-refractivity contribution in [3.8, 4) is 5.75 Å². The zero-order chi connectivity index (χ0) is 27.9. The molecule has 1 N–H and O–H groups in total. The second-order valence-electron chi connectivity index (χ2n) is 8.09. The van der Waals surface area contributed by atoms with E-state index in [1.165, 1.54) is 42.5 Å². The molecule has 0 radical (unpaired) electrons. The Morgan fingerprint density at radius 2 is 1.55 bits per heavy atom. The van der Waals surface area contributed by atoms with Gasteiger partial charge in [0.25, 0.3) is 0 Å². The highest BCUT2D eigenvalue weighted by Gasteiger charge is 2.30. The van der Waals surface area contributed by atoms with E-state index in [0.29, 0.717) is 0 Å². The van der Waals surface area contributed by atoms with Crippen molar-refractivity contribution < 1.29 is 44.9 Å². The maximum Gasteiger partial charge on any atom is 0.416 e. The molecule has 0 aliphatic rings. The van der Waals surface area contributed by atoms with E-state index in [1.54, 1.807) is 12.1 Å². The van der Waals surface area contributed by atoms with Crippen molar-refractivity contribution in [2.75, 3.05) is 11.9 Å². The zero-order valence-electron chi connectivity index (χ0n) is 19.9. The Balaban J connectivity index is 1.45. The molecule has 12 heteroatoms. The Morgan fingerprint density at radius 3 is 2.18 bits per heavy atom. The molecule has 0 saturated carbocycles. The van der Waals surface area contributed by atoms with Crippen molar-refractivity contribution in [2.45, 2.75) is 30.8 Å². The van der Waals surface area contributed by atoms with E-state index in [1.807, 2.05) is 6.92 Å². The van der Waals surface area contributed by atoms with Gasteiger partial charge in [0.2, 0.25) is 5.91 Å². The largest absolute Gasteiger partial charge is 0.457 e. The Hall–Kier alpha value is -4.19. The van der Waals surface area contributed by atoms with Crippen molar-refractivity contribution in [3.05, 3.63) is 89.5 Å². The summed E-state index contributed by atoms with van der Waals surface area (Å²) in [5.41, 5.74) is -0.000679. The molecular weight excluding hydrogens is 527 g/mol. The highest BCUT2D eigenvalue weighted by molar-refractivity contribution is 7.87. The molecule has 0 saturated heterocycles. The number of benzene rings is 3. The number of aryl methyl sites for hydroxylation is 1. The number of alkyl halides is 3. The maximum absolute atomic E-state index is 12.8. The number of esters is 1. The fourth-order valence-electron chi connectivity index (χ4n) is 3.09. The lowest BCUT2D eigenvalue weighted by Gasteiger charge is -2.10. The predicted octanol–water partition coefficient (Wildman–Crippen LogP) is 4.93. The number of ketones is 1. The number of rotatable bonds is 10. The molecule has 3 aromatic rings. The lowest BCUT2D eigenvalue weighted by atomic mass is 10.1. The van der Waals surface area contributed by atoms with Crippen LogP contribution in [-0.4, -0.2) is 32.7 Å². The van der Waals surface area contributed by atoms with Crippen LogP contribution in [0.3, 0.4) is 0 Å². The molecule has 0 aliphatic carbocycles. The molecule has 200 valence electrons. The lowest BCUT2D eigenvalue weighted by Crippen LogP contribution is -2.17. The minimum atomic E-state index is -4.57. The first-order valence-corrected chi connectivity index (χ1v) is 12.5. The van der Waals surface area contributed by atoms with E-state index in [4.69, 9.17) is 8.92 Å². The number of nitrogens with one attached hydrogen (secondary N) is 1. The van der Waals surface area contributed by atoms with Crippen LogP contribution in [-0.2, 0) is 30.6 Å². The lowest BCUT2D eigenvalue weighted by molar-refractivity contribution is -0.143. The van der Waals surface area contributed by atoms with Gasteiger partial charge in [-0.05, 0) is 61.5 Å². The van der Waals surface area contributed by atoms with E-state index >= 15 is 0 Å². The maximum atomic E-state index is 12.8. The number of amides is 1. The number of carbonyl (C=O) groups is 3. The first-order chi connectivity index (χ1) is 17.8. The van der Waals surface area contributed by atoms with Crippen LogP contribution in [0.5, 0.6) is 5.75 Å². The minimum absolute atomic E-state index is 0.0223. The fraction of sp³-hybridized carbons (Fsp3) is 0.192. The SMILES string of the molecule is Cc1ccc(S(=O)(=O)Oc2ccc(C(=O)COC(=O)CCC(=O)Nc3cccc(C(F)(F)F)c3)cc2)cc1. The molecule has 1 amide bonds. The van der Waals surface area contributed by atoms with Gasteiger partial charge in [0.1, 0.15) is 10.6 Å². The summed E-state index contributed by atoms with van der Waals surface area (Å²) in [5, 5.41) is 2.27. The molecule has 0 spiro atoms. The van der Waals surface area contributed by atoms with Crippen LogP contribution in [0, 0.1) is 6.92 Å². The van der Waals surface area contributed by atoms with Crippen molar-refractivity contribution in [3.63, 3.8) is 0 Å². The van der Waals surface area contributed by atoms with Crippen molar-refractivity contribution in [1.29, 1.82) is 0 Å². The van der Waals surface area contributed by atoms with E-state index < -0.39 is 52.5 Å². The van der Waals surface area contributed by atoms with Gasteiger partial charge in [0.15, 0.2) is 12.4 Å². The number of halogens is 3. The molecule has 3 rings (SSSR count). The first kappa shape index (κ1) is 28.4. The van der Waals surface area contributed by atoms with E-state index in [2.05, 4.69) is 5.32 Å². The standard InChI is InChI=1S/C26H22F3NO7S/c1-17-5-11-22(12-6-17)38(34,35)37-21-9-7-18(8-10-21)23(31)16-36-25(33)14-13-24(32)30-20-4-2-3-19(15-20)26(27,28)29/h2-12,15H,13-14,16H2,1H3,(H,30,32). The fourth-order valence-corrected chi connectivity index (χ4v) is 4.02. The van der Waals surface area contributed by atoms with Crippen LogP contribution in [0.1, 0.15) is 34.3 Å². The molecule has 0 heterocycles. The second kappa shape index (κ2) is 11.9. The normalized spacial score (nSPS) is 11.5. The quantitative estimate of drug-likeness (QED) is 0.217. The molecular formula is C26H22F3NO7S. The molecule has 38 heavy (non-hydrogen) atoms. The van der Waals surface area contributed by atoms with Crippen LogP contribution in [0.2, 0.25) is 0 Å². The molecule has 8 nitrogen and oxygen atoms in total. The number of hydrogen-bond acceptors (Lipinski definition) is 7. The smallest absolute Gasteiger partial charge is 0.416 e. The van der Waals surface area contributed by atoms with Gasteiger partial charge in [0.05, 0.1) is 12.0 Å². The Bertz CT molecular complexity index is 1420. The third-order valence-corrected chi connectivity index (χ3v) is 6.35. The van der Waals surface area contributed by atoms with Crippen LogP contribution < -0.4 is 9.50 Å². The molecule has 0 bridgehead atoms. The van der Waals surface area contributed by atoms with Gasteiger partial charge >= 0.3 is 22.3 Å². The molecule has 3 aromatic carbocycles. The third kappa shape index (κ3) is 8.17. The summed E-state index contributed by atoms with van der Waals surface area (Å²) in [6, 6.07) is 15.3. The molecule has 0 aliphatic heterocycles. The number of Topliss-reactive ketones (excluding diaryl/α,β-unsaturated/α-hetero) is 1. The summed E-state index contributed by atoms with van der Waals surface area (Å²) in [6.45, 7) is 1.18. The monoisotopic (exact) mass is 549 g/mol. The number of carbonyl (C=O) groups excluding carboxylic acids is 3. The first-order valence-electron chi connectivity index (χ1n) is 11.1. The predicted molar refractivity (Wildman–Crippen MR) is 130 cm³/mol. The highest BCUT2D eigenvalue weighted by Crippen LogP contribution is 2.30. The average Bonchev–Trinajstić information content (AvgIpc) is 2.86. The minimum Gasteiger partial charge on any atom is -0.457 e. The summed E-state index contributed by atoms with van der Waals surface area (Å²) in [7, 11) is -4.06. The second-order valence-corrected chi connectivity index (χ2v) is 9.63. The van der Waals surface area contributed by atoms with Crippen LogP contribution in [0.25, 0.3) is 0 Å². The van der Waals surface area contributed by atoms with Gasteiger partial charge in [-0.2, -0.15) is 21.6 Å². The van der Waals surface area contributed by atoms with Gasteiger partial charge in [-0.15, -0.1) is 0 Å². The van der Waals surface area contributed by atoms with Crippen molar-refractivity contribution >= 4 is 33.5 Å². The van der Waals surface area contributed by atoms with Gasteiger partial charge in [0, 0.05) is 17.7 Å². The Morgan fingerprint density at radius 1 is 0.895 bits per heavy atom. The average molecular weight is 550 g/mol. The van der Waals surface area contributed by atoms with Crippen molar-refractivity contribution in [1.82, 2.24) is 0 Å². The zero-order valence-corrected chi connectivity index (χ0v) is 20.8. The van der Waals surface area contributed by atoms with Gasteiger partial charge in [-0.1, -0.05) is 23.8 Å². The summed E-state index contributed by atoms with van der Waals surface area (Å²) in [6.07, 6.45) is -5.34. The molecule has 0 aromatic heterocycles.